The zero-order valence-corrected chi connectivity index (χ0v) is 11.2. The van der Waals surface area contributed by atoms with Crippen LogP contribution in [-0.2, 0) is 4.79 Å². The fraction of sp³-hybridized carbons (Fsp3) is 0.929. The van der Waals surface area contributed by atoms with Gasteiger partial charge in [-0.3, -0.25) is 4.79 Å². The molecule has 0 radical (unpaired) electrons. The zero-order chi connectivity index (χ0) is 11.9. The maximum Gasteiger partial charge on any atom is 0.133 e. The number of rotatable bonds is 8. The first-order chi connectivity index (χ1) is 6.87. The molecule has 90 valence electrons. The molecule has 15 heavy (non-hydrogen) atoms. The van der Waals surface area contributed by atoms with Crippen LogP contribution < -0.4 is 0 Å². The van der Waals surface area contributed by atoms with Crippen LogP contribution in [0.3, 0.4) is 0 Å². The van der Waals surface area contributed by atoms with E-state index in [0.29, 0.717) is 17.1 Å². The molecule has 0 saturated heterocycles. The van der Waals surface area contributed by atoms with E-state index in [0.717, 1.165) is 19.3 Å². The molecule has 0 atom stereocenters. The topological polar surface area (TPSA) is 17.1 Å². The Balaban J connectivity index is 3.65. The lowest BCUT2D eigenvalue weighted by atomic mass is 9.82. The van der Waals surface area contributed by atoms with Gasteiger partial charge >= 0.3 is 0 Å². The maximum atomic E-state index is 11.5. The van der Waals surface area contributed by atoms with E-state index < -0.39 is 0 Å². The van der Waals surface area contributed by atoms with Crippen molar-refractivity contribution in [1.29, 1.82) is 0 Å². The first-order valence-electron chi connectivity index (χ1n) is 6.39. The van der Waals surface area contributed by atoms with Crippen LogP contribution in [-0.4, -0.2) is 5.78 Å². The van der Waals surface area contributed by atoms with Crippen molar-refractivity contribution in [1.82, 2.24) is 0 Å². The first kappa shape index (κ1) is 14.7. The molecule has 0 N–H and O–H groups in total. The highest BCUT2D eigenvalue weighted by Gasteiger charge is 2.16. The first-order valence-corrected chi connectivity index (χ1v) is 6.39. The molecule has 0 bridgehead atoms. The second-order valence-electron chi connectivity index (χ2n) is 5.90. The number of carbonyl (C=O) groups excluding carboxylic acids is 1. The van der Waals surface area contributed by atoms with Crippen molar-refractivity contribution in [2.24, 2.45) is 11.3 Å². The standard InChI is InChI=1S/C14H28O/c1-6-9-14(4,5)10-7-8-13(15)11-12(2)3/h12H,6-11H2,1-5H3. The average Bonchev–Trinajstić information content (AvgIpc) is 2.01. The SMILES string of the molecule is CCCC(C)(C)CCCC(=O)CC(C)C. The van der Waals surface area contributed by atoms with Gasteiger partial charge in [-0.25, -0.2) is 0 Å². The molecule has 0 unspecified atom stereocenters. The minimum atomic E-state index is 0.423. The second-order valence-corrected chi connectivity index (χ2v) is 5.90. The van der Waals surface area contributed by atoms with Gasteiger partial charge in [-0.2, -0.15) is 0 Å². The summed E-state index contributed by atoms with van der Waals surface area (Å²) in [4.78, 5) is 11.5. The summed E-state index contributed by atoms with van der Waals surface area (Å²) in [5.74, 6) is 0.957. The van der Waals surface area contributed by atoms with Gasteiger partial charge in [-0.05, 0) is 30.6 Å². The summed E-state index contributed by atoms with van der Waals surface area (Å²) in [7, 11) is 0. The van der Waals surface area contributed by atoms with Gasteiger partial charge in [0.1, 0.15) is 5.78 Å². The monoisotopic (exact) mass is 212 g/mol. The lowest BCUT2D eigenvalue weighted by Crippen LogP contribution is -2.12. The fourth-order valence-electron chi connectivity index (χ4n) is 2.12. The molecule has 0 aromatic heterocycles. The minimum absolute atomic E-state index is 0.423. The Morgan fingerprint density at radius 3 is 2.27 bits per heavy atom. The molecular formula is C14H28O. The van der Waals surface area contributed by atoms with Crippen LogP contribution in [0.2, 0.25) is 0 Å². The van der Waals surface area contributed by atoms with Gasteiger partial charge in [0.15, 0.2) is 0 Å². The molecule has 0 aliphatic rings. The molecule has 0 saturated carbocycles. The van der Waals surface area contributed by atoms with E-state index >= 15 is 0 Å². The highest BCUT2D eigenvalue weighted by atomic mass is 16.1. The Bertz CT molecular complexity index is 180. The van der Waals surface area contributed by atoms with Crippen LogP contribution >= 0.6 is 0 Å². The van der Waals surface area contributed by atoms with Crippen LogP contribution in [0.15, 0.2) is 0 Å². The minimum Gasteiger partial charge on any atom is -0.300 e. The van der Waals surface area contributed by atoms with Crippen molar-refractivity contribution < 1.29 is 4.79 Å². The van der Waals surface area contributed by atoms with Crippen LogP contribution in [0.1, 0.15) is 73.1 Å². The molecule has 0 aromatic carbocycles. The van der Waals surface area contributed by atoms with Gasteiger partial charge in [0, 0.05) is 12.8 Å². The largest absolute Gasteiger partial charge is 0.300 e. The highest BCUT2D eigenvalue weighted by Crippen LogP contribution is 2.28. The summed E-state index contributed by atoms with van der Waals surface area (Å²) < 4.78 is 0. The highest BCUT2D eigenvalue weighted by molar-refractivity contribution is 5.78. The van der Waals surface area contributed by atoms with Gasteiger partial charge in [0.25, 0.3) is 0 Å². The third-order valence-electron chi connectivity index (χ3n) is 2.87. The summed E-state index contributed by atoms with van der Waals surface area (Å²) >= 11 is 0. The van der Waals surface area contributed by atoms with Crippen molar-refractivity contribution in [3.63, 3.8) is 0 Å². The lowest BCUT2D eigenvalue weighted by Gasteiger charge is -2.23. The number of Topliss-reactive ketones (excluding diaryl/α,β-unsaturated/α-hetero) is 1. The van der Waals surface area contributed by atoms with Crippen LogP contribution in [0.25, 0.3) is 0 Å². The van der Waals surface area contributed by atoms with Gasteiger partial charge in [0.2, 0.25) is 0 Å². The predicted octanol–water partition coefficient (Wildman–Crippen LogP) is 4.60. The van der Waals surface area contributed by atoms with Gasteiger partial charge in [0.05, 0.1) is 0 Å². The van der Waals surface area contributed by atoms with E-state index in [-0.39, 0.29) is 0 Å². The summed E-state index contributed by atoms with van der Waals surface area (Å²) in [6.07, 6.45) is 6.31. The van der Waals surface area contributed by atoms with Crippen LogP contribution in [0.5, 0.6) is 0 Å². The molecule has 0 aliphatic carbocycles. The Morgan fingerprint density at radius 1 is 1.20 bits per heavy atom. The van der Waals surface area contributed by atoms with Crippen molar-refractivity contribution in [3.8, 4) is 0 Å². The Kier molecular flexibility index (Phi) is 6.87. The predicted molar refractivity (Wildman–Crippen MR) is 67.0 cm³/mol. The Morgan fingerprint density at radius 2 is 1.80 bits per heavy atom. The molecule has 0 aliphatic heterocycles. The van der Waals surface area contributed by atoms with Gasteiger partial charge in [-0.1, -0.05) is 41.0 Å². The summed E-state index contributed by atoms with van der Waals surface area (Å²) in [6, 6.07) is 0. The van der Waals surface area contributed by atoms with Gasteiger partial charge < -0.3 is 0 Å². The summed E-state index contributed by atoms with van der Waals surface area (Å²) in [5.41, 5.74) is 0.423. The van der Waals surface area contributed by atoms with E-state index in [1.807, 2.05) is 0 Å². The Hall–Kier alpha value is -0.330. The number of ketones is 1. The van der Waals surface area contributed by atoms with Crippen molar-refractivity contribution >= 4 is 5.78 Å². The van der Waals surface area contributed by atoms with Crippen LogP contribution in [0.4, 0.5) is 0 Å². The quantitative estimate of drug-likeness (QED) is 0.574. The lowest BCUT2D eigenvalue weighted by molar-refractivity contribution is -0.119. The summed E-state index contributed by atoms with van der Waals surface area (Å²) in [6.45, 7) is 11.1. The van der Waals surface area contributed by atoms with Crippen LogP contribution in [0, 0.1) is 11.3 Å². The van der Waals surface area contributed by atoms with E-state index in [1.54, 1.807) is 0 Å². The number of carbonyl (C=O) groups is 1. The maximum absolute atomic E-state index is 11.5. The van der Waals surface area contributed by atoms with E-state index in [1.165, 1.54) is 19.3 Å². The molecule has 0 fully saturated rings. The molecule has 0 heterocycles. The Labute approximate surface area is 95.6 Å². The third-order valence-corrected chi connectivity index (χ3v) is 2.87. The van der Waals surface area contributed by atoms with Crippen molar-refractivity contribution in [3.05, 3.63) is 0 Å². The normalized spacial score (nSPS) is 12.1. The van der Waals surface area contributed by atoms with E-state index in [9.17, 15) is 4.79 Å². The molecular weight excluding hydrogens is 184 g/mol. The van der Waals surface area contributed by atoms with E-state index in [4.69, 9.17) is 0 Å². The van der Waals surface area contributed by atoms with Crippen molar-refractivity contribution in [2.75, 3.05) is 0 Å². The zero-order valence-electron chi connectivity index (χ0n) is 11.2. The fourth-order valence-corrected chi connectivity index (χ4v) is 2.12. The average molecular weight is 212 g/mol. The number of hydrogen-bond acceptors (Lipinski definition) is 1. The molecule has 1 heteroatoms. The molecule has 0 aromatic rings. The third kappa shape index (κ3) is 8.65. The molecule has 0 amide bonds. The number of hydrogen-bond donors (Lipinski definition) is 0. The summed E-state index contributed by atoms with van der Waals surface area (Å²) in [5, 5.41) is 0. The van der Waals surface area contributed by atoms with Crippen molar-refractivity contribution in [2.45, 2.75) is 73.1 Å². The smallest absolute Gasteiger partial charge is 0.133 e. The second kappa shape index (κ2) is 7.03. The van der Waals surface area contributed by atoms with E-state index in [2.05, 4.69) is 34.6 Å². The molecule has 0 spiro atoms. The van der Waals surface area contributed by atoms with Gasteiger partial charge in [-0.15, -0.1) is 0 Å². The molecule has 0 rings (SSSR count). The molecule has 1 nitrogen and oxygen atoms in total.